The van der Waals surface area contributed by atoms with Crippen molar-refractivity contribution in [3.63, 3.8) is 0 Å². The molecule has 30 heavy (non-hydrogen) atoms. The molecular weight excluding hydrogens is 420 g/mol. The Morgan fingerprint density at radius 1 is 1.30 bits per heavy atom. The van der Waals surface area contributed by atoms with Crippen LogP contribution in [0.15, 0.2) is 11.3 Å². The van der Waals surface area contributed by atoms with Crippen LogP contribution in [0.4, 0.5) is 17.3 Å². The SMILES string of the molecule is CC(C)[C@H](N)C(=O)N([N+]1([C@@H]2O[C@H](C)[C@@H](O)[C@H]2O)C=Nc2c(N)ncnc21)S(N)(=O)=O. The molecule has 8 N–H and O–H groups in total. The first kappa shape index (κ1) is 22.4. The number of nitrogens with two attached hydrogens (primary N) is 3. The third kappa shape index (κ3) is 3.24. The maximum absolute atomic E-state index is 13.2. The van der Waals surface area contributed by atoms with Crippen molar-refractivity contribution in [3.8, 4) is 0 Å². The average molecular weight is 445 g/mol. The first-order valence-corrected chi connectivity index (χ1v) is 10.5. The highest BCUT2D eigenvalue weighted by atomic mass is 32.2. The zero-order valence-corrected chi connectivity index (χ0v) is 17.3. The van der Waals surface area contributed by atoms with Gasteiger partial charge < -0.3 is 26.4 Å². The van der Waals surface area contributed by atoms with Crippen molar-refractivity contribution >= 4 is 39.8 Å². The van der Waals surface area contributed by atoms with Gasteiger partial charge in [0.2, 0.25) is 6.34 Å². The molecule has 1 saturated heterocycles. The van der Waals surface area contributed by atoms with Gasteiger partial charge >= 0.3 is 16.1 Å². The van der Waals surface area contributed by atoms with Gasteiger partial charge in [0.1, 0.15) is 12.4 Å². The van der Waals surface area contributed by atoms with Crippen LogP contribution in [0.3, 0.4) is 0 Å². The maximum Gasteiger partial charge on any atom is 0.343 e. The van der Waals surface area contributed by atoms with Gasteiger partial charge in [0.05, 0.1) is 12.1 Å². The number of nitrogen functional groups attached to an aromatic ring is 1. The fraction of sp³-hybridized carbons (Fsp3) is 0.600. The van der Waals surface area contributed by atoms with Crippen LogP contribution in [-0.4, -0.2) is 75.8 Å². The summed E-state index contributed by atoms with van der Waals surface area (Å²) in [6.07, 6.45) is -3.47. The van der Waals surface area contributed by atoms with Crippen molar-refractivity contribution < 1.29 is 28.2 Å². The molecule has 0 radical (unpaired) electrons. The summed E-state index contributed by atoms with van der Waals surface area (Å²) < 4.78 is 30.1. The van der Waals surface area contributed by atoms with E-state index in [1.54, 1.807) is 13.8 Å². The minimum Gasteiger partial charge on any atom is -0.387 e. The first-order valence-electron chi connectivity index (χ1n) is 9.03. The molecule has 3 heterocycles. The number of hydrogen-bond acceptors (Lipinski definition) is 11. The smallest absolute Gasteiger partial charge is 0.343 e. The molecule has 1 amide bonds. The van der Waals surface area contributed by atoms with E-state index in [0.29, 0.717) is 0 Å². The largest absolute Gasteiger partial charge is 0.387 e. The summed E-state index contributed by atoms with van der Waals surface area (Å²) >= 11 is 0. The van der Waals surface area contributed by atoms with Crippen molar-refractivity contribution in [1.82, 2.24) is 19.0 Å². The van der Waals surface area contributed by atoms with Crippen LogP contribution in [0.2, 0.25) is 0 Å². The van der Waals surface area contributed by atoms with Crippen molar-refractivity contribution in [2.24, 2.45) is 21.8 Å². The number of nitrogens with zero attached hydrogens (tertiary/aromatic N) is 5. The molecule has 166 valence electrons. The summed E-state index contributed by atoms with van der Waals surface area (Å²) in [4.78, 5) is 25.2. The fourth-order valence-corrected chi connectivity index (χ4v) is 4.40. The second-order valence-corrected chi connectivity index (χ2v) is 8.90. The Kier molecular flexibility index (Phi) is 5.57. The molecule has 6 atom stereocenters. The second-order valence-electron chi connectivity index (χ2n) is 7.52. The third-order valence-electron chi connectivity index (χ3n) is 5.13. The number of anilines is 1. The number of aromatic nitrogens is 2. The number of carbonyl (C=O) groups excluding carboxylic acids is 1. The lowest BCUT2D eigenvalue weighted by molar-refractivity contribution is -0.150. The van der Waals surface area contributed by atoms with E-state index >= 15 is 0 Å². The molecule has 3 rings (SSSR count). The van der Waals surface area contributed by atoms with Crippen LogP contribution in [-0.2, 0) is 19.7 Å². The Morgan fingerprint density at radius 2 is 1.93 bits per heavy atom. The van der Waals surface area contributed by atoms with E-state index in [1.165, 1.54) is 6.92 Å². The highest BCUT2D eigenvalue weighted by molar-refractivity contribution is 7.87. The fourth-order valence-electron chi connectivity index (χ4n) is 3.43. The quantitative estimate of drug-likeness (QED) is 0.298. The van der Waals surface area contributed by atoms with E-state index in [-0.39, 0.29) is 21.7 Å². The topological polar surface area (TPSA) is 220 Å². The molecular formula is C15H25N8O6S+. The molecule has 0 saturated carbocycles. The Hall–Kier alpha value is -2.27. The van der Waals surface area contributed by atoms with Gasteiger partial charge in [-0.15, -0.1) is 0 Å². The standard InChI is InChI=1S/C15H25N8O6S/c1-6(2)8(16)14(26)22(30(18,27)28)23(15-11(25)10(24)7(3)29-15)5-21-9-12(17)19-4-20-13(9)23/h4-8,10-11,15,24-25H,16H2,1-3H3,(H2,17,19,20)(H2,18,27,28)/q+1/t7-,8+,10-,11-,15-,23?/m1/s1. The van der Waals surface area contributed by atoms with Gasteiger partial charge in [-0.25, -0.2) is 10.1 Å². The number of quaternary nitrogens is 1. The van der Waals surface area contributed by atoms with Gasteiger partial charge in [0, 0.05) is 0 Å². The molecule has 1 unspecified atom stereocenters. The number of hydrogen-bond donors (Lipinski definition) is 5. The van der Waals surface area contributed by atoms with Crippen LogP contribution < -0.4 is 21.2 Å². The lowest BCUT2D eigenvalue weighted by Gasteiger charge is -2.41. The number of carbonyl (C=O) groups is 1. The molecule has 15 heteroatoms. The average Bonchev–Trinajstić information content (AvgIpc) is 3.15. The van der Waals surface area contributed by atoms with Crippen LogP contribution in [0.25, 0.3) is 0 Å². The van der Waals surface area contributed by atoms with Crippen molar-refractivity contribution in [1.29, 1.82) is 0 Å². The zero-order chi connectivity index (χ0) is 22.6. The van der Waals surface area contributed by atoms with E-state index in [0.717, 1.165) is 12.7 Å². The molecule has 0 aliphatic carbocycles. The number of ether oxygens (including phenoxy) is 1. The van der Waals surface area contributed by atoms with E-state index in [4.69, 9.17) is 21.3 Å². The van der Waals surface area contributed by atoms with Gasteiger partial charge in [-0.1, -0.05) is 18.4 Å². The van der Waals surface area contributed by atoms with Crippen LogP contribution in [0, 0.1) is 5.92 Å². The number of aliphatic hydroxyl groups is 2. The Bertz CT molecular complexity index is 987. The van der Waals surface area contributed by atoms with Crippen molar-refractivity contribution in [2.45, 2.75) is 51.4 Å². The van der Waals surface area contributed by atoms with Gasteiger partial charge in [0.15, 0.2) is 17.6 Å². The molecule has 2 aliphatic heterocycles. The first-order chi connectivity index (χ1) is 13.8. The van der Waals surface area contributed by atoms with E-state index in [9.17, 15) is 23.4 Å². The summed E-state index contributed by atoms with van der Waals surface area (Å²) in [7, 11) is -4.83. The Labute approximate surface area is 172 Å². The summed E-state index contributed by atoms with van der Waals surface area (Å²) in [6, 6.07) is -1.28. The molecule has 0 bridgehead atoms. The molecule has 1 aromatic rings. The summed E-state index contributed by atoms with van der Waals surface area (Å²) in [5.74, 6) is -1.84. The van der Waals surface area contributed by atoms with Crippen LogP contribution in [0.1, 0.15) is 20.8 Å². The van der Waals surface area contributed by atoms with Gasteiger partial charge in [-0.3, -0.25) is 4.79 Å². The molecule has 1 aromatic heterocycles. The third-order valence-corrected chi connectivity index (χ3v) is 6.06. The van der Waals surface area contributed by atoms with Gasteiger partial charge in [-0.05, 0) is 17.3 Å². The molecule has 1 fully saturated rings. The number of aliphatic hydroxyl groups excluding tert-OH is 2. The second kappa shape index (κ2) is 7.45. The maximum atomic E-state index is 13.2. The minimum absolute atomic E-state index is 0.0399. The Morgan fingerprint density at radius 3 is 2.43 bits per heavy atom. The number of amides is 1. The summed E-state index contributed by atoms with van der Waals surface area (Å²) in [5, 5.41) is 26.3. The zero-order valence-electron chi connectivity index (χ0n) is 16.5. The number of fused-ring (bicyclic) bond motifs is 1. The number of rotatable bonds is 5. The summed E-state index contributed by atoms with van der Waals surface area (Å²) in [6.45, 7) is 4.70. The normalized spacial score (nSPS) is 31.7. The Balaban J connectivity index is 2.32. The predicted octanol–water partition coefficient (Wildman–Crippen LogP) is -2.56. The molecule has 0 aromatic carbocycles. The lowest BCUT2D eigenvalue weighted by atomic mass is 10.1. The van der Waals surface area contributed by atoms with E-state index in [2.05, 4.69) is 15.0 Å². The summed E-state index contributed by atoms with van der Waals surface area (Å²) in [5.41, 5.74) is 11.7. The highest BCUT2D eigenvalue weighted by Crippen LogP contribution is 2.45. The van der Waals surface area contributed by atoms with Gasteiger partial charge in [0.25, 0.3) is 12.0 Å². The monoisotopic (exact) mass is 445 g/mol. The van der Waals surface area contributed by atoms with Crippen LogP contribution in [0.5, 0.6) is 0 Å². The lowest BCUT2D eigenvalue weighted by Crippen LogP contribution is -2.74. The van der Waals surface area contributed by atoms with Crippen molar-refractivity contribution in [3.05, 3.63) is 6.33 Å². The number of aliphatic imine (C=N–C) groups is 1. The minimum atomic E-state index is -4.83. The molecule has 14 nitrogen and oxygen atoms in total. The molecule has 2 aliphatic rings. The van der Waals surface area contributed by atoms with E-state index in [1.807, 2.05) is 0 Å². The molecule has 0 spiro atoms. The predicted molar refractivity (Wildman–Crippen MR) is 106 cm³/mol. The van der Waals surface area contributed by atoms with E-state index < -0.39 is 57.2 Å². The van der Waals surface area contributed by atoms with Gasteiger partial charge in [-0.2, -0.15) is 18.4 Å². The highest BCUT2D eigenvalue weighted by Gasteiger charge is 2.65. The van der Waals surface area contributed by atoms with Crippen molar-refractivity contribution in [2.75, 3.05) is 5.73 Å². The van der Waals surface area contributed by atoms with Crippen LogP contribution >= 0.6 is 0 Å².